The first-order valence-corrected chi connectivity index (χ1v) is 6.92. The number of hydrogen-bond donors (Lipinski definition) is 2. The molecule has 2 bridgehead atoms. The van der Waals surface area contributed by atoms with Crippen LogP contribution in [-0.2, 0) is 4.74 Å². The Morgan fingerprint density at radius 3 is 3.11 bits per heavy atom. The molecule has 0 radical (unpaired) electrons. The molecule has 3 heterocycles. The number of ether oxygens (including phenoxy) is 1. The van der Waals surface area contributed by atoms with Crippen LogP contribution in [-0.4, -0.2) is 35.7 Å². The van der Waals surface area contributed by atoms with Crippen LogP contribution in [0.25, 0.3) is 0 Å². The average Bonchev–Trinajstić information content (AvgIpc) is 3.02. The van der Waals surface area contributed by atoms with Crippen molar-refractivity contribution >= 4 is 11.7 Å². The van der Waals surface area contributed by atoms with Crippen LogP contribution in [0.3, 0.4) is 0 Å². The summed E-state index contributed by atoms with van der Waals surface area (Å²) in [7, 11) is 0. The highest BCUT2D eigenvalue weighted by molar-refractivity contribution is 5.95. The van der Waals surface area contributed by atoms with Crippen molar-refractivity contribution in [2.24, 2.45) is 0 Å². The van der Waals surface area contributed by atoms with E-state index >= 15 is 0 Å². The lowest BCUT2D eigenvalue weighted by Gasteiger charge is -2.20. The van der Waals surface area contributed by atoms with Gasteiger partial charge in [0.15, 0.2) is 0 Å². The number of rotatable bonds is 4. The Morgan fingerprint density at radius 2 is 2.42 bits per heavy atom. The van der Waals surface area contributed by atoms with E-state index in [9.17, 15) is 4.79 Å². The van der Waals surface area contributed by atoms with Crippen LogP contribution in [0.5, 0.6) is 0 Å². The molecular formula is C14H19N3O2. The van der Waals surface area contributed by atoms with E-state index in [1.165, 1.54) is 0 Å². The molecule has 5 nitrogen and oxygen atoms in total. The normalized spacial score (nSPS) is 28.4. The number of anilines is 1. The summed E-state index contributed by atoms with van der Waals surface area (Å²) in [5.41, 5.74) is 0.647. The molecule has 2 saturated heterocycles. The van der Waals surface area contributed by atoms with Crippen molar-refractivity contribution in [1.82, 2.24) is 10.3 Å². The molecule has 3 unspecified atom stereocenters. The van der Waals surface area contributed by atoms with Crippen LogP contribution in [0.1, 0.15) is 36.5 Å². The third-order valence-electron chi connectivity index (χ3n) is 3.80. The maximum Gasteiger partial charge on any atom is 0.251 e. The van der Waals surface area contributed by atoms with Crippen molar-refractivity contribution in [1.29, 1.82) is 0 Å². The third kappa shape index (κ3) is 2.56. The number of pyridine rings is 1. The molecule has 0 saturated carbocycles. The van der Waals surface area contributed by atoms with Gasteiger partial charge in [-0.1, -0.05) is 0 Å². The second-order valence-electron chi connectivity index (χ2n) is 5.15. The summed E-state index contributed by atoms with van der Waals surface area (Å²) >= 11 is 0. The number of amides is 1. The molecule has 5 heteroatoms. The molecule has 19 heavy (non-hydrogen) atoms. The van der Waals surface area contributed by atoms with Gasteiger partial charge in [0.2, 0.25) is 0 Å². The number of nitrogens with one attached hydrogen (secondary N) is 2. The van der Waals surface area contributed by atoms with Crippen molar-refractivity contribution < 1.29 is 9.53 Å². The molecule has 0 aromatic carbocycles. The molecule has 0 aliphatic carbocycles. The van der Waals surface area contributed by atoms with Gasteiger partial charge < -0.3 is 15.4 Å². The minimum atomic E-state index is -0.0392. The summed E-state index contributed by atoms with van der Waals surface area (Å²) in [5, 5.41) is 6.18. The van der Waals surface area contributed by atoms with Crippen LogP contribution in [0.2, 0.25) is 0 Å². The Balaban J connectivity index is 1.65. The number of aromatic nitrogens is 1. The largest absolute Gasteiger partial charge is 0.373 e. The Labute approximate surface area is 112 Å². The first kappa shape index (κ1) is 12.4. The van der Waals surface area contributed by atoms with Crippen LogP contribution in [0.15, 0.2) is 18.3 Å². The Hall–Kier alpha value is -1.62. The zero-order valence-corrected chi connectivity index (χ0v) is 11.1. The lowest BCUT2D eigenvalue weighted by molar-refractivity contribution is 0.0841. The summed E-state index contributed by atoms with van der Waals surface area (Å²) in [6.07, 6.45) is 5.37. The van der Waals surface area contributed by atoms with Crippen LogP contribution < -0.4 is 10.6 Å². The van der Waals surface area contributed by atoms with Gasteiger partial charge in [-0.2, -0.15) is 0 Å². The zero-order chi connectivity index (χ0) is 13.2. The second kappa shape index (κ2) is 5.17. The van der Waals surface area contributed by atoms with Gasteiger partial charge in [-0.15, -0.1) is 0 Å². The Morgan fingerprint density at radius 1 is 1.53 bits per heavy atom. The molecule has 1 aromatic rings. The standard InChI is InChI=1S/C14H19N3O2/c1-2-15-13-7-9(5-6-16-13)14(18)17-11-8-10-3-4-12(11)19-10/h5-7,10-12H,2-4,8H2,1H3,(H,15,16)(H,17,18). The van der Waals surface area contributed by atoms with Crippen molar-refractivity contribution in [3.8, 4) is 0 Å². The highest BCUT2D eigenvalue weighted by atomic mass is 16.5. The number of carbonyl (C=O) groups is 1. The lowest BCUT2D eigenvalue weighted by atomic mass is 9.95. The minimum absolute atomic E-state index is 0.0392. The highest BCUT2D eigenvalue weighted by Gasteiger charge is 2.41. The van der Waals surface area contributed by atoms with Crippen LogP contribution >= 0.6 is 0 Å². The molecule has 1 aromatic heterocycles. The Kier molecular flexibility index (Phi) is 3.38. The maximum atomic E-state index is 12.2. The van der Waals surface area contributed by atoms with Crippen molar-refractivity contribution in [3.63, 3.8) is 0 Å². The predicted octanol–water partition coefficient (Wildman–Crippen LogP) is 1.56. The first-order chi connectivity index (χ1) is 9.26. The molecule has 102 valence electrons. The maximum absolute atomic E-state index is 12.2. The Bertz CT molecular complexity index is 478. The van der Waals surface area contributed by atoms with E-state index in [0.717, 1.165) is 31.6 Å². The van der Waals surface area contributed by atoms with Gasteiger partial charge in [-0.25, -0.2) is 4.98 Å². The van der Waals surface area contributed by atoms with Gasteiger partial charge in [0.25, 0.3) is 5.91 Å². The molecule has 0 spiro atoms. The number of carbonyl (C=O) groups excluding carboxylic acids is 1. The second-order valence-corrected chi connectivity index (χ2v) is 5.15. The van der Waals surface area contributed by atoms with Gasteiger partial charge in [0, 0.05) is 18.3 Å². The summed E-state index contributed by atoms with van der Waals surface area (Å²) in [6, 6.07) is 3.69. The predicted molar refractivity (Wildman–Crippen MR) is 72.2 cm³/mol. The minimum Gasteiger partial charge on any atom is -0.373 e. The van der Waals surface area contributed by atoms with E-state index < -0.39 is 0 Å². The summed E-state index contributed by atoms with van der Waals surface area (Å²) in [6.45, 7) is 2.79. The monoisotopic (exact) mass is 261 g/mol. The van der Waals surface area contributed by atoms with Crippen LogP contribution in [0.4, 0.5) is 5.82 Å². The lowest BCUT2D eigenvalue weighted by Crippen LogP contribution is -2.41. The third-order valence-corrected chi connectivity index (χ3v) is 3.80. The van der Waals surface area contributed by atoms with Gasteiger partial charge >= 0.3 is 0 Å². The quantitative estimate of drug-likeness (QED) is 0.863. The van der Waals surface area contributed by atoms with Crippen molar-refractivity contribution in [2.45, 2.75) is 44.4 Å². The highest BCUT2D eigenvalue weighted by Crippen LogP contribution is 2.34. The summed E-state index contributed by atoms with van der Waals surface area (Å²) < 4.78 is 5.74. The van der Waals surface area contributed by atoms with E-state index in [4.69, 9.17) is 4.74 Å². The molecule has 2 aliphatic rings. The molecule has 1 amide bonds. The van der Waals surface area contributed by atoms with E-state index in [-0.39, 0.29) is 18.1 Å². The fourth-order valence-electron chi connectivity index (χ4n) is 2.89. The van der Waals surface area contributed by atoms with E-state index in [1.807, 2.05) is 6.92 Å². The summed E-state index contributed by atoms with van der Waals surface area (Å²) in [4.78, 5) is 16.4. The number of nitrogens with zero attached hydrogens (tertiary/aromatic N) is 1. The van der Waals surface area contributed by atoms with Gasteiger partial charge in [0.1, 0.15) is 5.82 Å². The van der Waals surface area contributed by atoms with Crippen LogP contribution in [0, 0.1) is 0 Å². The number of hydrogen-bond acceptors (Lipinski definition) is 4. The van der Waals surface area contributed by atoms with Crippen molar-refractivity contribution in [3.05, 3.63) is 23.9 Å². The van der Waals surface area contributed by atoms with E-state index in [2.05, 4.69) is 15.6 Å². The molecular weight excluding hydrogens is 242 g/mol. The average molecular weight is 261 g/mol. The van der Waals surface area contributed by atoms with Gasteiger partial charge in [-0.05, 0) is 38.3 Å². The topological polar surface area (TPSA) is 63.2 Å². The fraction of sp³-hybridized carbons (Fsp3) is 0.571. The molecule has 2 N–H and O–H groups in total. The molecule has 2 aliphatic heterocycles. The first-order valence-electron chi connectivity index (χ1n) is 6.92. The van der Waals surface area contributed by atoms with Crippen molar-refractivity contribution in [2.75, 3.05) is 11.9 Å². The molecule has 2 fully saturated rings. The fourth-order valence-corrected chi connectivity index (χ4v) is 2.89. The van der Waals surface area contributed by atoms with Gasteiger partial charge in [-0.3, -0.25) is 4.79 Å². The zero-order valence-electron chi connectivity index (χ0n) is 11.1. The molecule has 3 atom stereocenters. The smallest absolute Gasteiger partial charge is 0.251 e. The van der Waals surface area contributed by atoms with E-state index in [0.29, 0.717) is 11.7 Å². The van der Waals surface area contributed by atoms with Gasteiger partial charge in [0.05, 0.1) is 18.2 Å². The number of fused-ring (bicyclic) bond motifs is 2. The SMILES string of the molecule is CCNc1cc(C(=O)NC2CC3CCC2O3)ccn1. The molecule has 3 rings (SSSR count). The van der Waals surface area contributed by atoms with E-state index in [1.54, 1.807) is 18.3 Å². The summed E-state index contributed by atoms with van der Waals surface area (Å²) in [5.74, 6) is 0.696.